The lowest BCUT2D eigenvalue weighted by Crippen LogP contribution is -2.23. The molecular weight excluding hydrogens is 338 g/mol. The fraction of sp³-hybridized carbons (Fsp3) is 0.353. The summed E-state index contributed by atoms with van der Waals surface area (Å²) in [5, 5.41) is 16.9. The van der Waals surface area contributed by atoms with Gasteiger partial charge in [0.2, 0.25) is 0 Å². The average Bonchev–Trinajstić information content (AvgIpc) is 3.03. The molecule has 2 rings (SSSR count). The molecule has 2 aromatic rings. The Morgan fingerprint density at radius 3 is 2.81 bits per heavy atom. The lowest BCUT2D eigenvalue weighted by atomic mass is 10.2. The molecule has 0 aliphatic heterocycles. The Kier molecular flexibility index (Phi) is 6.84. The Morgan fingerprint density at radius 2 is 2.19 bits per heavy atom. The molecule has 0 saturated carbocycles. The molecule has 0 bridgehead atoms. The Labute approximate surface area is 151 Å². The van der Waals surface area contributed by atoms with Gasteiger partial charge in [-0.15, -0.1) is 0 Å². The van der Waals surface area contributed by atoms with Gasteiger partial charge in [-0.1, -0.05) is 0 Å². The van der Waals surface area contributed by atoms with Crippen molar-refractivity contribution in [2.75, 3.05) is 26.1 Å². The zero-order valence-electron chi connectivity index (χ0n) is 15.1. The van der Waals surface area contributed by atoms with Gasteiger partial charge in [-0.05, 0) is 25.5 Å². The Morgan fingerprint density at radius 1 is 1.38 bits per heavy atom. The summed E-state index contributed by atoms with van der Waals surface area (Å²) in [6.07, 6.45) is 5.24. The van der Waals surface area contributed by atoms with E-state index in [9.17, 15) is 10.1 Å². The third-order valence-electron chi connectivity index (χ3n) is 3.72. The molecule has 1 heterocycles. The van der Waals surface area contributed by atoms with E-state index in [4.69, 9.17) is 9.47 Å². The van der Waals surface area contributed by atoms with E-state index in [2.05, 4.69) is 15.6 Å². The molecule has 0 aliphatic carbocycles. The van der Waals surface area contributed by atoms with Crippen molar-refractivity contribution in [3.63, 3.8) is 0 Å². The molecule has 1 aromatic heterocycles. The molecule has 0 aliphatic rings. The number of aromatic nitrogens is 2. The summed E-state index contributed by atoms with van der Waals surface area (Å²) >= 11 is 0. The second kappa shape index (κ2) is 9.30. The topological polar surface area (TPSA) is 103 Å². The maximum atomic E-state index is 10.9. The molecule has 0 unspecified atom stereocenters. The van der Waals surface area contributed by atoms with Crippen molar-refractivity contribution in [2.45, 2.75) is 19.9 Å². The van der Waals surface area contributed by atoms with Crippen molar-refractivity contribution in [1.82, 2.24) is 14.9 Å². The van der Waals surface area contributed by atoms with Crippen LogP contribution < -0.4 is 20.1 Å². The summed E-state index contributed by atoms with van der Waals surface area (Å²) in [7, 11) is 3.08. The number of hydrogen-bond donors (Lipinski definition) is 2. The lowest BCUT2D eigenvalue weighted by Gasteiger charge is -2.15. The van der Waals surface area contributed by atoms with E-state index in [1.165, 1.54) is 7.11 Å². The van der Waals surface area contributed by atoms with Crippen molar-refractivity contribution < 1.29 is 14.4 Å². The molecule has 0 fully saturated rings. The quantitative estimate of drug-likeness (QED) is 0.380. The van der Waals surface area contributed by atoms with Crippen molar-refractivity contribution in [1.29, 1.82) is 0 Å². The first-order valence-electron chi connectivity index (χ1n) is 8.08. The predicted molar refractivity (Wildman–Crippen MR) is 97.8 cm³/mol. The van der Waals surface area contributed by atoms with Gasteiger partial charge in [0.05, 0.1) is 31.2 Å². The standard InChI is InChI=1S/C17H23N5O4/c1-13-10-18-12-21(13)8-4-7-19-17(11-22(23)24)20-15-6-5-14(25-2)9-16(15)26-3/h5-6,9-12,19-20H,4,7-8H2,1-3H3. The Hall–Kier alpha value is -3.23. The van der Waals surface area contributed by atoms with Gasteiger partial charge >= 0.3 is 0 Å². The van der Waals surface area contributed by atoms with E-state index in [1.807, 2.05) is 11.5 Å². The predicted octanol–water partition coefficient (Wildman–Crippen LogP) is 2.38. The molecule has 9 heteroatoms. The van der Waals surface area contributed by atoms with Crippen molar-refractivity contribution in [3.05, 3.63) is 58.6 Å². The van der Waals surface area contributed by atoms with Crippen LogP contribution in [0.15, 0.2) is 42.7 Å². The largest absolute Gasteiger partial charge is 0.497 e. The minimum atomic E-state index is -0.509. The fourth-order valence-electron chi connectivity index (χ4n) is 2.37. The minimum Gasteiger partial charge on any atom is -0.497 e. The first-order chi connectivity index (χ1) is 12.5. The van der Waals surface area contributed by atoms with E-state index in [0.29, 0.717) is 23.7 Å². The number of nitrogens with zero attached hydrogens (tertiary/aromatic N) is 3. The van der Waals surface area contributed by atoms with Gasteiger partial charge in [0, 0.05) is 31.0 Å². The summed E-state index contributed by atoms with van der Waals surface area (Å²) in [6, 6.07) is 5.19. The zero-order chi connectivity index (χ0) is 18.9. The van der Waals surface area contributed by atoms with Crippen molar-refractivity contribution in [3.8, 4) is 11.5 Å². The van der Waals surface area contributed by atoms with Crippen LogP contribution in [-0.4, -0.2) is 35.2 Å². The van der Waals surface area contributed by atoms with Gasteiger partial charge < -0.3 is 24.7 Å². The van der Waals surface area contributed by atoms with Gasteiger partial charge in [-0.25, -0.2) is 4.98 Å². The highest BCUT2D eigenvalue weighted by Gasteiger charge is 2.09. The second-order valence-corrected chi connectivity index (χ2v) is 5.53. The number of hydrogen-bond acceptors (Lipinski definition) is 7. The summed E-state index contributed by atoms with van der Waals surface area (Å²) in [6.45, 7) is 3.31. The number of nitro groups is 1. The maximum absolute atomic E-state index is 10.9. The molecule has 0 saturated heterocycles. The summed E-state index contributed by atoms with van der Waals surface area (Å²) in [5.74, 6) is 1.44. The first-order valence-corrected chi connectivity index (χ1v) is 8.08. The Bertz CT molecular complexity index is 772. The summed E-state index contributed by atoms with van der Waals surface area (Å²) < 4.78 is 12.5. The molecule has 0 atom stereocenters. The van der Waals surface area contributed by atoms with E-state index >= 15 is 0 Å². The van der Waals surface area contributed by atoms with Gasteiger partial charge in [-0.2, -0.15) is 0 Å². The number of benzene rings is 1. The molecule has 0 radical (unpaired) electrons. The van der Waals surface area contributed by atoms with Crippen LogP contribution in [0.2, 0.25) is 0 Å². The monoisotopic (exact) mass is 361 g/mol. The molecule has 0 amide bonds. The number of nitrogens with one attached hydrogen (secondary N) is 2. The van der Waals surface area contributed by atoms with E-state index < -0.39 is 4.92 Å². The molecule has 0 spiro atoms. The average molecular weight is 361 g/mol. The van der Waals surface area contributed by atoms with Crippen molar-refractivity contribution >= 4 is 5.69 Å². The number of rotatable bonds is 10. The van der Waals surface area contributed by atoms with Crippen LogP contribution in [0.4, 0.5) is 5.69 Å². The van der Waals surface area contributed by atoms with Crippen LogP contribution in [0.25, 0.3) is 0 Å². The van der Waals surface area contributed by atoms with E-state index in [0.717, 1.165) is 24.9 Å². The Balaban J connectivity index is 1.99. The van der Waals surface area contributed by atoms with Crippen LogP contribution in [0.3, 0.4) is 0 Å². The normalized spacial score (nSPS) is 11.1. The second-order valence-electron chi connectivity index (χ2n) is 5.53. The minimum absolute atomic E-state index is 0.279. The van der Waals surface area contributed by atoms with Gasteiger partial charge in [-0.3, -0.25) is 10.1 Å². The molecule has 9 nitrogen and oxygen atoms in total. The number of anilines is 1. The third-order valence-corrected chi connectivity index (χ3v) is 3.72. The molecule has 140 valence electrons. The highest BCUT2D eigenvalue weighted by atomic mass is 16.6. The summed E-state index contributed by atoms with van der Waals surface area (Å²) in [5.41, 5.74) is 1.67. The molecule has 2 N–H and O–H groups in total. The summed E-state index contributed by atoms with van der Waals surface area (Å²) in [4.78, 5) is 14.5. The molecular formula is C17H23N5O4. The van der Waals surface area contributed by atoms with Crippen LogP contribution in [0.1, 0.15) is 12.1 Å². The zero-order valence-corrected chi connectivity index (χ0v) is 15.1. The lowest BCUT2D eigenvalue weighted by molar-refractivity contribution is -0.403. The van der Waals surface area contributed by atoms with Crippen LogP contribution in [0, 0.1) is 17.0 Å². The van der Waals surface area contributed by atoms with Crippen LogP contribution in [0.5, 0.6) is 11.5 Å². The number of imidazole rings is 1. The van der Waals surface area contributed by atoms with Crippen molar-refractivity contribution in [2.24, 2.45) is 0 Å². The maximum Gasteiger partial charge on any atom is 0.274 e. The van der Waals surface area contributed by atoms with E-state index in [1.54, 1.807) is 37.8 Å². The van der Waals surface area contributed by atoms with E-state index in [-0.39, 0.29) is 5.82 Å². The number of methoxy groups -OCH3 is 2. The smallest absolute Gasteiger partial charge is 0.274 e. The third kappa shape index (κ3) is 5.40. The van der Waals surface area contributed by atoms with Crippen LogP contribution in [-0.2, 0) is 6.54 Å². The van der Waals surface area contributed by atoms with Crippen LogP contribution >= 0.6 is 0 Å². The van der Waals surface area contributed by atoms with Gasteiger partial charge in [0.15, 0.2) is 5.82 Å². The molecule has 1 aromatic carbocycles. The molecule has 26 heavy (non-hydrogen) atoms. The number of ether oxygens (including phenoxy) is 2. The number of aryl methyl sites for hydroxylation is 2. The fourth-order valence-corrected chi connectivity index (χ4v) is 2.37. The highest BCUT2D eigenvalue weighted by Crippen LogP contribution is 2.29. The first kappa shape index (κ1) is 19.1. The van der Waals surface area contributed by atoms with Gasteiger partial charge in [0.25, 0.3) is 6.20 Å². The SMILES string of the molecule is COc1ccc(NC(=C[N+](=O)[O-])NCCCn2cncc2C)c(OC)c1. The highest BCUT2D eigenvalue weighted by molar-refractivity contribution is 5.61. The van der Waals surface area contributed by atoms with Gasteiger partial charge in [0.1, 0.15) is 11.5 Å².